The Hall–Kier alpha value is -1.87. The zero-order chi connectivity index (χ0) is 13.5. The fourth-order valence-corrected chi connectivity index (χ4v) is 1.71. The normalized spacial score (nSPS) is 11.6. The van der Waals surface area contributed by atoms with E-state index in [-0.39, 0.29) is 12.2 Å². The molecular weight excluding hydrogens is 254 g/mol. The smallest absolute Gasteiger partial charge is 0.327 e. The lowest BCUT2D eigenvalue weighted by Crippen LogP contribution is -2.40. The number of terminal acetylenes is 1. The topological polar surface area (TPSA) is 79.5 Å². The lowest BCUT2D eigenvalue weighted by atomic mass is 10.2. The van der Waals surface area contributed by atoms with Crippen molar-refractivity contribution >= 4 is 23.6 Å². The highest BCUT2D eigenvalue weighted by atomic mass is 32.2. The van der Waals surface area contributed by atoms with Crippen LogP contribution in [-0.4, -0.2) is 29.3 Å². The van der Waals surface area contributed by atoms with Gasteiger partial charge in [-0.15, -0.1) is 12.3 Å². The van der Waals surface area contributed by atoms with Gasteiger partial charge in [-0.05, 0) is 18.4 Å². The molecule has 0 aromatic carbocycles. The average molecular weight is 267 g/mol. The molecule has 6 heteroatoms. The molecule has 0 bridgehead atoms. The van der Waals surface area contributed by atoms with Crippen LogP contribution in [0.3, 0.4) is 0 Å². The number of furan rings is 1. The number of carbonyl (C=O) groups is 2. The van der Waals surface area contributed by atoms with Crippen molar-refractivity contribution in [2.24, 2.45) is 0 Å². The SMILES string of the molecule is C#CCC(NC(=O)c1ccc(CSC)o1)C(=O)O. The van der Waals surface area contributed by atoms with E-state index in [1.54, 1.807) is 17.8 Å². The lowest BCUT2D eigenvalue weighted by Gasteiger charge is -2.10. The summed E-state index contributed by atoms with van der Waals surface area (Å²) in [6, 6.07) is 2.09. The summed E-state index contributed by atoms with van der Waals surface area (Å²) >= 11 is 1.56. The molecule has 1 unspecified atom stereocenters. The molecule has 1 aromatic rings. The fourth-order valence-electron chi connectivity index (χ4n) is 1.27. The van der Waals surface area contributed by atoms with E-state index in [4.69, 9.17) is 15.9 Å². The Bertz CT molecular complexity index is 475. The number of carboxylic acid groups (broad SMARTS) is 1. The van der Waals surface area contributed by atoms with Gasteiger partial charge in [-0.25, -0.2) is 4.79 Å². The predicted molar refractivity (Wildman–Crippen MR) is 68.3 cm³/mol. The Balaban J connectivity index is 2.68. The highest BCUT2D eigenvalue weighted by Gasteiger charge is 2.21. The van der Waals surface area contributed by atoms with Crippen LogP contribution >= 0.6 is 11.8 Å². The number of carbonyl (C=O) groups excluding carboxylic acids is 1. The quantitative estimate of drug-likeness (QED) is 0.760. The molecule has 0 spiro atoms. The summed E-state index contributed by atoms with van der Waals surface area (Å²) in [6.45, 7) is 0. The number of thioether (sulfide) groups is 1. The third-order valence-electron chi connectivity index (χ3n) is 2.10. The first kappa shape index (κ1) is 14.2. The second-order valence-electron chi connectivity index (χ2n) is 3.47. The Kier molecular flexibility index (Phi) is 5.33. The second kappa shape index (κ2) is 6.77. The summed E-state index contributed by atoms with van der Waals surface area (Å²) < 4.78 is 5.27. The van der Waals surface area contributed by atoms with Gasteiger partial charge in [0.05, 0.1) is 5.75 Å². The van der Waals surface area contributed by atoms with Crippen molar-refractivity contribution in [3.63, 3.8) is 0 Å². The van der Waals surface area contributed by atoms with E-state index < -0.39 is 17.9 Å². The molecule has 0 fully saturated rings. The average Bonchev–Trinajstić information content (AvgIpc) is 2.77. The number of nitrogens with one attached hydrogen (secondary N) is 1. The van der Waals surface area contributed by atoms with Crippen LogP contribution in [-0.2, 0) is 10.5 Å². The van der Waals surface area contributed by atoms with Crippen LogP contribution in [0.25, 0.3) is 0 Å². The molecule has 1 heterocycles. The van der Waals surface area contributed by atoms with Gasteiger partial charge in [-0.3, -0.25) is 4.79 Å². The Labute approximate surface area is 109 Å². The molecular formula is C12H13NO4S. The minimum Gasteiger partial charge on any atom is -0.480 e. The molecule has 18 heavy (non-hydrogen) atoms. The standard InChI is InChI=1S/C12H13NO4S/c1-3-4-9(12(15)16)13-11(14)10-6-5-8(17-10)7-18-2/h1,5-6,9H,4,7H2,2H3,(H,13,14)(H,15,16). The fraction of sp³-hybridized carbons (Fsp3) is 0.333. The third-order valence-corrected chi connectivity index (χ3v) is 2.67. The van der Waals surface area contributed by atoms with Gasteiger partial charge < -0.3 is 14.8 Å². The largest absolute Gasteiger partial charge is 0.480 e. The maximum Gasteiger partial charge on any atom is 0.327 e. The van der Waals surface area contributed by atoms with Crippen molar-refractivity contribution in [2.45, 2.75) is 18.2 Å². The van der Waals surface area contributed by atoms with Crippen LogP contribution < -0.4 is 5.32 Å². The summed E-state index contributed by atoms with van der Waals surface area (Å²) in [6.07, 6.45) is 6.88. The molecule has 1 amide bonds. The summed E-state index contributed by atoms with van der Waals surface area (Å²) in [7, 11) is 0. The molecule has 0 aliphatic heterocycles. The van der Waals surface area contributed by atoms with Gasteiger partial charge in [-0.2, -0.15) is 11.8 Å². The van der Waals surface area contributed by atoms with E-state index in [1.807, 2.05) is 6.26 Å². The van der Waals surface area contributed by atoms with Crippen molar-refractivity contribution < 1.29 is 19.1 Å². The van der Waals surface area contributed by atoms with E-state index in [9.17, 15) is 9.59 Å². The molecule has 0 aliphatic rings. The number of hydrogen-bond donors (Lipinski definition) is 2. The molecule has 0 saturated carbocycles. The van der Waals surface area contributed by atoms with Crippen molar-refractivity contribution in [3.8, 4) is 12.3 Å². The van der Waals surface area contributed by atoms with Gasteiger partial charge in [0.1, 0.15) is 11.8 Å². The van der Waals surface area contributed by atoms with E-state index in [1.165, 1.54) is 6.07 Å². The summed E-state index contributed by atoms with van der Waals surface area (Å²) in [5, 5.41) is 11.2. The summed E-state index contributed by atoms with van der Waals surface area (Å²) in [5.74, 6) is 1.86. The first-order valence-corrected chi connectivity index (χ1v) is 6.52. The maximum absolute atomic E-state index is 11.7. The van der Waals surface area contributed by atoms with Gasteiger partial charge in [0.15, 0.2) is 5.76 Å². The molecule has 1 atom stereocenters. The summed E-state index contributed by atoms with van der Waals surface area (Å²) in [5.41, 5.74) is 0. The number of amides is 1. The molecule has 1 aromatic heterocycles. The van der Waals surface area contributed by atoms with Gasteiger partial charge in [0.2, 0.25) is 0 Å². The molecule has 2 N–H and O–H groups in total. The summed E-state index contributed by atoms with van der Waals surface area (Å²) in [4.78, 5) is 22.5. The van der Waals surface area contributed by atoms with Crippen LogP contribution in [0.5, 0.6) is 0 Å². The molecule has 5 nitrogen and oxygen atoms in total. The maximum atomic E-state index is 11.7. The molecule has 96 valence electrons. The van der Waals surface area contributed by atoms with Crippen molar-refractivity contribution in [3.05, 3.63) is 23.7 Å². The van der Waals surface area contributed by atoms with Crippen LogP contribution in [0.1, 0.15) is 22.7 Å². The highest BCUT2D eigenvalue weighted by molar-refractivity contribution is 7.97. The number of aliphatic carboxylic acids is 1. The molecule has 0 aliphatic carbocycles. The predicted octanol–water partition coefficient (Wildman–Crippen LogP) is 1.35. The number of rotatable bonds is 6. The number of carboxylic acids is 1. The first-order valence-electron chi connectivity index (χ1n) is 5.13. The van der Waals surface area contributed by atoms with Crippen LogP contribution in [0.15, 0.2) is 16.5 Å². The highest BCUT2D eigenvalue weighted by Crippen LogP contribution is 2.13. The minimum atomic E-state index is -1.17. The minimum absolute atomic E-state index is 0.0700. The van der Waals surface area contributed by atoms with Crippen LogP contribution in [0.2, 0.25) is 0 Å². The van der Waals surface area contributed by atoms with Crippen LogP contribution in [0.4, 0.5) is 0 Å². The van der Waals surface area contributed by atoms with Crippen molar-refractivity contribution in [2.75, 3.05) is 6.26 Å². The zero-order valence-electron chi connectivity index (χ0n) is 9.80. The third kappa shape index (κ3) is 3.86. The van der Waals surface area contributed by atoms with Gasteiger partial charge in [-0.1, -0.05) is 0 Å². The van der Waals surface area contributed by atoms with Crippen molar-refractivity contribution in [1.82, 2.24) is 5.32 Å². The Morgan fingerprint density at radius 3 is 2.89 bits per heavy atom. The van der Waals surface area contributed by atoms with Gasteiger partial charge in [0, 0.05) is 6.42 Å². The van der Waals surface area contributed by atoms with E-state index in [0.29, 0.717) is 11.5 Å². The van der Waals surface area contributed by atoms with Crippen molar-refractivity contribution in [1.29, 1.82) is 0 Å². The molecule has 1 rings (SSSR count). The molecule has 0 saturated heterocycles. The van der Waals surface area contributed by atoms with E-state index in [0.717, 1.165) is 0 Å². The van der Waals surface area contributed by atoms with Crippen LogP contribution in [0, 0.1) is 12.3 Å². The first-order chi connectivity index (χ1) is 8.58. The molecule has 0 radical (unpaired) electrons. The van der Waals surface area contributed by atoms with Gasteiger partial charge in [0.25, 0.3) is 5.91 Å². The monoisotopic (exact) mass is 267 g/mol. The zero-order valence-corrected chi connectivity index (χ0v) is 10.6. The second-order valence-corrected chi connectivity index (χ2v) is 4.34. The van der Waals surface area contributed by atoms with E-state index >= 15 is 0 Å². The van der Waals surface area contributed by atoms with Gasteiger partial charge >= 0.3 is 5.97 Å². The Morgan fingerprint density at radius 1 is 1.61 bits per heavy atom. The van der Waals surface area contributed by atoms with E-state index in [2.05, 4.69) is 11.2 Å². The Morgan fingerprint density at radius 2 is 2.33 bits per heavy atom. The number of hydrogen-bond acceptors (Lipinski definition) is 4. The lowest BCUT2D eigenvalue weighted by molar-refractivity contribution is -0.139.